The minimum absolute atomic E-state index is 0.0111. The quantitative estimate of drug-likeness (QED) is 0.418. The van der Waals surface area contributed by atoms with Crippen molar-refractivity contribution in [2.24, 2.45) is 0 Å². The van der Waals surface area contributed by atoms with E-state index >= 15 is 0 Å². The van der Waals surface area contributed by atoms with Gasteiger partial charge in [-0.25, -0.2) is 32.5 Å². The number of rotatable bonds is 10. The van der Waals surface area contributed by atoms with Crippen LogP contribution in [0.5, 0.6) is 5.75 Å². The Bertz CT molecular complexity index is 1080. The molecular weight excluding hydrogens is 411 g/mol. The van der Waals surface area contributed by atoms with Crippen LogP contribution in [-0.4, -0.2) is 43.1 Å². The van der Waals surface area contributed by atoms with Gasteiger partial charge in [-0.1, -0.05) is 6.07 Å². The summed E-state index contributed by atoms with van der Waals surface area (Å²) in [6.45, 7) is 2.34. The van der Waals surface area contributed by atoms with E-state index < -0.39 is 15.8 Å². The van der Waals surface area contributed by atoms with Crippen molar-refractivity contribution in [3.63, 3.8) is 0 Å². The summed E-state index contributed by atoms with van der Waals surface area (Å²) in [5.41, 5.74) is 0. The maximum Gasteiger partial charge on any atom is 0.240 e. The molecule has 0 aliphatic carbocycles. The monoisotopic (exact) mass is 432 g/mol. The van der Waals surface area contributed by atoms with Crippen LogP contribution in [-0.2, 0) is 10.0 Å². The number of benzene rings is 1. The molecule has 0 amide bonds. The third-order valence-electron chi connectivity index (χ3n) is 3.82. The molecule has 0 radical (unpaired) electrons. The summed E-state index contributed by atoms with van der Waals surface area (Å²) in [7, 11) is -3.86. The summed E-state index contributed by atoms with van der Waals surface area (Å²) in [5.74, 6) is 0.965. The molecule has 1 aromatic carbocycles. The molecule has 0 aliphatic heterocycles. The van der Waals surface area contributed by atoms with Crippen LogP contribution in [0.15, 0.2) is 59.9 Å². The lowest BCUT2D eigenvalue weighted by Crippen LogP contribution is -2.29. The predicted molar refractivity (Wildman–Crippen MR) is 111 cm³/mol. The number of halogens is 1. The van der Waals surface area contributed by atoms with E-state index in [-0.39, 0.29) is 30.3 Å². The van der Waals surface area contributed by atoms with Crippen LogP contribution in [0.3, 0.4) is 0 Å². The SMILES string of the molecule is CCOc1ccc(S(=O)(=O)NCCNc2cc(Nc3ccccn3)ncn2)cc1F. The van der Waals surface area contributed by atoms with Crippen molar-refractivity contribution in [2.75, 3.05) is 30.3 Å². The molecule has 0 spiro atoms. The van der Waals surface area contributed by atoms with Gasteiger partial charge in [0.25, 0.3) is 0 Å². The minimum atomic E-state index is -3.86. The highest BCUT2D eigenvalue weighted by Crippen LogP contribution is 2.21. The predicted octanol–water partition coefficient (Wildman–Crippen LogP) is 2.54. The lowest BCUT2D eigenvalue weighted by molar-refractivity contribution is 0.321. The maximum absolute atomic E-state index is 13.9. The number of ether oxygens (including phenoxy) is 1. The van der Waals surface area contributed by atoms with Gasteiger partial charge in [-0.3, -0.25) is 0 Å². The summed E-state index contributed by atoms with van der Waals surface area (Å²) in [6.07, 6.45) is 3.03. The van der Waals surface area contributed by atoms with Gasteiger partial charge in [-0.2, -0.15) is 0 Å². The number of hydrogen-bond acceptors (Lipinski definition) is 8. The van der Waals surface area contributed by atoms with Crippen LogP contribution in [0, 0.1) is 5.82 Å². The molecule has 3 aromatic rings. The number of nitrogens with zero attached hydrogens (tertiary/aromatic N) is 3. The standard InChI is InChI=1S/C19H21FN6O3S/c1-2-29-16-7-6-14(11-15(16)20)30(27,28)25-10-9-22-18-12-19(24-13-23-18)26-17-5-3-4-8-21-17/h3-8,11-13,25H,2,9-10H2,1H3,(H2,21,22,23,24,26). The van der Waals surface area contributed by atoms with E-state index in [1.807, 2.05) is 6.07 Å². The number of pyridine rings is 1. The molecule has 158 valence electrons. The molecule has 0 saturated heterocycles. The van der Waals surface area contributed by atoms with Crippen molar-refractivity contribution in [1.82, 2.24) is 19.7 Å². The van der Waals surface area contributed by atoms with E-state index in [4.69, 9.17) is 4.74 Å². The molecule has 3 N–H and O–H groups in total. The van der Waals surface area contributed by atoms with Crippen LogP contribution >= 0.6 is 0 Å². The van der Waals surface area contributed by atoms with E-state index in [2.05, 4.69) is 30.3 Å². The summed E-state index contributed by atoms with van der Waals surface area (Å²) in [6, 6.07) is 10.6. The summed E-state index contributed by atoms with van der Waals surface area (Å²) in [5, 5.41) is 6.04. The summed E-state index contributed by atoms with van der Waals surface area (Å²) < 4.78 is 46.1. The fourth-order valence-corrected chi connectivity index (χ4v) is 3.51. The van der Waals surface area contributed by atoms with Gasteiger partial charge < -0.3 is 15.4 Å². The minimum Gasteiger partial charge on any atom is -0.491 e. The molecule has 11 heteroatoms. The zero-order valence-electron chi connectivity index (χ0n) is 16.2. The normalized spacial score (nSPS) is 11.1. The average molecular weight is 432 g/mol. The molecule has 30 heavy (non-hydrogen) atoms. The van der Waals surface area contributed by atoms with Gasteiger partial charge in [0, 0.05) is 25.4 Å². The Morgan fingerprint density at radius 1 is 1.00 bits per heavy atom. The van der Waals surface area contributed by atoms with Crippen molar-refractivity contribution in [3.8, 4) is 5.75 Å². The van der Waals surface area contributed by atoms with Gasteiger partial charge in [0.1, 0.15) is 23.8 Å². The van der Waals surface area contributed by atoms with Gasteiger partial charge in [-0.05, 0) is 37.3 Å². The van der Waals surface area contributed by atoms with E-state index in [0.717, 1.165) is 6.07 Å². The van der Waals surface area contributed by atoms with Gasteiger partial charge in [-0.15, -0.1) is 0 Å². The second-order valence-electron chi connectivity index (χ2n) is 5.98. The molecule has 2 aromatic heterocycles. The molecular formula is C19H21FN6O3S. The number of aromatic nitrogens is 3. The fourth-order valence-electron chi connectivity index (χ4n) is 2.47. The van der Waals surface area contributed by atoms with Crippen molar-refractivity contribution in [3.05, 3.63) is 60.8 Å². The Hall–Kier alpha value is -3.31. The highest BCUT2D eigenvalue weighted by Gasteiger charge is 2.16. The first kappa shape index (κ1) is 21.4. The topological polar surface area (TPSA) is 118 Å². The number of sulfonamides is 1. The average Bonchev–Trinajstić information content (AvgIpc) is 2.74. The van der Waals surface area contributed by atoms with Crippen molar-refractivity contribution in [1.29, 1.82) is 0 Å². The highest BCUT2D eigenvalue weighted by atomic mass is 32.2. The Balaban J connectivity index is 1.53. The third-order valence-corrected chi connectivity index (χ3v) is 5.28. The largest absolute Gasteiger partial charge is 0.491 e. The van der Waals surface area contributed by atoms with Gasteiger partial charge in [0.15, 0.2) is 11.6 Å². The third kappa shape index (κ3) is 5.84. The molecule has 0 atom stereocenters. The molecule has 9 nitrogen and oxygen atoms in total. The van der Waals surface area contributed by atoms with Crippen molar-refractivity contribution in [2.45, 2.75) is 11.8 Å². The Labute approximate surface area is 173 Å². The van der Waals surface area contributed by atoms with Gasteiger partial charge >= 0.3 is 0 Å². The van der Waals surface area contributed by atoms with Crippen LogP contribution in [0.1, 0.15) is 6.92 Å². The summed E-state index contributed by atoms with van der Waals surface area (Å²) >= 11 is 0. The van der Waals surface area contributed by atoms with Crippen LogP contribution in [0.4, 0.5) is 21.8 Å². The Kier molecular flexibility index (Phi) is 7.09. The molecule has 0 saturated carbocycles. The van der Waals surface area contributed by atoms with Crippen molar-refractivity contribution >= 4 is 27.5 Å². The molecule has 0 fully saturated rings. The molecule has 0 unspecified atom stereocenters. The smallest absolute Gasteiger partial charge is 0.240 e. The Morgan fingerprint density at radius 2 is 1.83 bits per heavy atom. The van der Waals surface area contributed by atoms with Gasteiger partial charge in [0.2, 0.25) is 10.0 Å². The number of anilines is 3. The second kappa shape index (κ2) is 9.94. The number of hydrogen-bond donors (Lipinski definition) is 3. The Morgan fingerprint density at radius 3 is 2.57 bits per heavy atom. The van der Waals surface area contributed by atoms with E-state index in [1.165, 1.54) is 18.5 Å². The van der Waals surface area contributed by atoms with E-state index in [0.29, 0.717) is 17.5 Å². The highest BCUT2D eigenvalue weighted by molar-refractivity contribution is 7.89. The number of nitrogens with one attached hydrogen (secondary N) is 3. The molecule has 2 heterocycles. The van der Waals surface area contributed by atoms with Crippen LogP contribution in [0.2, 0.25) is 0 Å². The first-order valence-electron chi connectivity index (χ1n) is 9.14. The van der Waals surface area contributed by atoms with Crippen LogP contribution in [0.25, 0.3) is 0 Å². The van der Waals surface area contributed by atoms with Crippen LogP contribution < -0.4 is 20.1 Å². The zero-order valence-corrected chi connectivity index (χ0v) is 17.0. The fraction of sp³-hybridized carbons (Fsp3) is 0.211. The molecule has 0 aliphatic rings. The second-order valence-corrected chi connectivity index (χ2v) is 7.75. The maximum atomic E-state index is 13.9. The van der Waals surface area contributed by atoms with Crippen molar-refractivity contribution < 1.29 is 17.5 Å². The molecule has 3 rings (SSSR count). The summed E-state index contributed by atoms with van der Waals surface area (Å²) in [4.78, 5) is 12.2. The lowest BCUT2D eigenvalue weighted by Gasteiger charge is -2.10. The first-order chi connectivity index (χ1) is 14.5. The lowest BCUT2D eigenvalue weighted by atomic mass is 10.3. The van der Waals surface area contributed by atoms with Gasteiger partial charge in [0.05, 0.1) is 11.5 Å². The van der Waals surface area contributed by atoms with E-state index in [9.17, 15) is 12.8 Å². The first-order valence-corrected chi connectivity index (χ1v) is 10.6. The zero-order chi connectivity index (χ0) is 21.4. The van der Waals surface area contributed by atoms with E-state index in [1.54, 1.807) is 31.3 Å². The molecule has 0 bridgehead atoms.